The molecule has 176 valence electrons. The molecule has 0 aliphatic carbocycles. The fraction of sp³-hybridized carbons (Fsp3) is 0.867. The van der Waals surface area contributed by atoms with Gasteiger partial charge in [0.1, 0.15) is 0 Å². The summed E-state index contributed by atoms with van der Waals surface area (Å²) in [6, 6.07) is 0. The Morgan fingerprint density at radius 2 is 0.800 bits per heavy atom. The maximum Gasteiger partial charge on any atom is 0.00886 e. The van der Waals surface area contributed by atoms with Crippen molar-refractivity contribution in [2.45, 2.75) is 155 Å². The molecule has 0 heterocycles. The Labute approximate surface area is 192 Å². The Hall–Kier alpha value is -0.440. The second-order valence-corrected chi connectivity index (χ2v) is 9.51. The highest BCUT2D eigenvalue weighted by Gasteiger charge is 2.05. The number of rotatable bonds is 22. The number of hydrogen-bond acceptors (Lipinski definition) is 0. The molecule has 0 aromatic carbocycles. The second-order valence-electron chi connectivity index (χ2n) is 9.51. The summed E-state index contributed by atoms with van der Waals surface area (Å²) in [6.45, 7) is 12.6. The molecular weight excluding hydrogens is 360 g/mol. The zero-order chi connectivity index (χ0) is 22.1. The van der Waals surface area contributed by atoms with Crippen LogP contribution in [0.15, 0.2) is 0 Å². The van der Waals surface area contributed by atoms with E-state index in [4.69, 9.17) is 0 Å². The van der Waals surface area contributed by atoms with Gasteiger partial charge >= 0.3 is 0 Å². The molecular formula is C30H56. The topological polar surface area (TPSA) is 0 Å². The van der Waals surface area contributed by atoms with Gasteiger partial charge in [-0.1, -0.05) is 143 Å². The van der Waals surface area contributed by atoms with Gasteiger partial charge in [0.15, 0.2) is 0 Å². The maximum atomic E-state index is 3.97. The Morgan fingerprint density at radius 3 is 1.20 bits per heavy atom. The lowest BCUT2D eigenvalue weighted by atomic mass is 9.93. The average Bonchev–Trinajstić information content (AvgIpc) is 2.77. The standard InChI is InChI=1S/C30H56/c1-5-9-25-29(7-3)27-23-21-19-17-15-13-11-12-14-16-18-20-22-24-28-30(8-4)26-10-6-2/h29-30H,1-2,5-13,15,17-28H2,3-4H3. The van der Waals surface area contributed by atoms with Crippen LogP contribution in [-0.2, 0) is 0 Å². The first kappa shape index (κ1) is 29.6. The highest BCUT2D eigenvalue weighted by molar-refractivity contribution is 4.98. The molecule has 0 aromatic rings. The summed E-state index contributed by atoms with van der Waals surface area (Å²) in [5, 5.41) is 0. The molecule has 0 aliphatic rings. The van der Waals surface area contributed by atoms with Crippen molar-refractivity contribution in [3.63, 3.8) is 0 Å². The third-order valence-electron chi connectivity index (χ3n) is 6.83. The van der Waals surface area contributed by atoms with Crippen LogP contribution in [0.25, 0.3) is 0 Å². The molecule has 2 atom stereocenters. The molecule has 0 N–H and O–H groups in total. The van der Waals surface area contributed by atoms with Crippen molar-refractivity contribution in [2.24, 2.45) is 11.8 Å². The van der Waals surface area contributed by atoms with E-state index in [9.17, 15) is 0 Å². The van der Waals surface area contributed by atoms with Crippen molar-refractivity contribution in [3.8, 4) is 11.8 Å². The third kappa shape index (κ3) is 20.8. The molecule has 0 rings (SSSR count). The van der Waals surface area contributed by atoms with Crippen molar-refractivity contribution >= 4 is 0 Å². The van der Waals surface area contributed by atoms with Crippen molar-refractivity contribution in [1.82, 2.24) is 0 Å². The van der Waals surface area contributed by atoms with Crippen molar-refractivity contribution < 1.29 is 0 Å². The van der Waals surface area contributed by atoms with E-state index in [2.05, 4.69) is 39.5 Å². The molecule has 0 amide bonds. The summed E-state index contributed by atoms with van der Waals surface area (Å²) in [6.07, 6.45) is 29.3. The number of hydrogen-bond donors (Lipinski definition) is 0. The normalized spacial score (nSPS) is 13.1. The van der Waals surface area contributed by atoms with Crippen molar-refractivity contribution in [1.29, 1.82) is 0 Å². The van der Waals surface area contributed by atoms with E-state index in [1.807, 2.05) is 0 Å². The Kier molecular flexibility index (Phi) is 24.5. The molecule has 0 aromatic heterocycles. The predicted octanol–water partition coefficient (Wildman–Crippen LogP) is 10.5. The molecule has 30 heavy (non-hydrogen) atoms. The first-order chi connectivity index (χ1) is 14.8. The van der Waals surface area contributed by atoms with E-state index in [0.29, 0.717) is 0 Å². The quantitative estimate of drug-likeness (QED) is 0.122. The zero-order valence-electron chi connectivity index (χ0n) is 21.1. The number of unbranched alkanes of at least 4 members (excludes halogenated alkanes) is 12. The SMILES string of the molecule is [CH2]CCCC(CC)CCCCCC#CCCCCCCCCCC(CC)CCC[CH2]. The highest BCUT2D eigenvalue weighted by atomic mass is 14.1. The lowest BCUT2D eigenvalue weighted by Gasteiger charge is -2.13. The Bertz CT molecular complexity index is 371. The van der Waals surface area contributed by atoms with Crippen LogP contribution >= 0.6 is 0 Å². The highest BCUT2D eigenvalue weighted by Crippen LogP contribution is 2.21. The van der Waals surface area contributed by atoms with Gasteiger partial charge in [0.2, 0.25) is 0 Å². The van der Waals surface area contributed by atoms with Crippen LogP contribution in [0.1, 0.15) is 155 Å². The van der Waals surface area contributed by atoms with Gasteiger partial charge in [-0.2, -0.15) is 0 Å². The minimum Gasteiger partial charge on any atom is -0.103 e. The summed E-state index contributed by atoms with van der Waals surface area (Å²) in [7, 11) is 0. The molecule has 0 heteroatoms. The molecule has 0 fully saturated rings. The summed E-state index contributed by atoms with van der Waals surface area (Å²) < 4.78 is 0. The maximum absolute atomic E-state index is 3.97. The Morgan fingerprint density at radius 1 is 0.467 bits per heavy atom. The smallest absolute Gasteiger partial charge is 0.00886 e. The average molecular weight is 417 g/mol. The van der Waals surface area contributed by atoms with Crippen LogP contribution in [0.3, 0.4) is 0 Å². The minimum absolute atomic E-state index is 0.939. The van der Waals surface area contributed by atoms with Crippen LogP contribution in [0.5, 0.6) is 0 Å². The molecule has 2 unspecified atom stereocenters. The molecule has 0 saturated heterocycles. The van der Waals surface area contributed by atoms with Crippen LogP contribution in [0.4, 0.5) is 0 Å². The van der Waals surface area contributed by atoms with E-state index in [1.165, 1.54) is 116 Å². The molecule has 0 spiro atoms. The molecule has 0 nitrogen and oxygen atoms in total. The summed E-state index contributed by atoms with van der Waals surface area (Å²) in [5.41, 5.74) is 0. The summed E-state index contributed by atoms with van der Waals surface area (Å²) in [4.78, 5) is 0. The van der Waals surface area contributed by atoms with Crippen molar-refractivity contribution in [2.75, 3.05) is 0 Å². The van der Waals surface area contributed by atoms with Crippen LogP contribution in [-0.4, -0.2) is 0 Å². The van der Waals surface area contributed by atoms with E-state index in [1.54, 1.807) is 0 Å². The van der Waals surface area contributed by atoms with Crippen LogP contribution < -0.4 is 0 Å². The minimum atomic E-state index is 0.939. The van der Waals surface area contributed by atoms with E-state index in [0.717, 1.165) is 37.5 Å². The molecule has 0 saturated carbocycles. The fourth-order valence-electron chi connectivity index (χ4n) is 4.50. The molecule has 0 bridgehead atoms. The first-order valence-electron chi connectivity index (χ1n) is 13.8. The van der Waals surface area contributed by atoms with E-state index < -0.39 is 0 Å². The zero-order valence-corrected chi connectivity index (χ0v) is 21.1. The fourth-order valence-corrected chi connectivity index (χ4v) is 4.50. The monoisotopic (exact) mass is 416 g/mol. The summed E-state index contributed by atoms with van der Waals surface area (Å²) >= 11 is 0. The third-order valence-corrected chi connectivity index (χ3v) is 6.83. The largest absolute Gasteiger partial charge is 0.103 e. The second kappa shape index (κ2) is 24.8. The van der Waals surface area contributed by atoms with E-state index >= 15 is 0 Å². The van der Waals surface area contributed by atoms with Gasteiger partial charge in [-0.05, 0) is 24.7 Å². The van der Waals surface area contributed by atoms with Gasteiger partial charge in [-0.15, -0.1) is 11.8 Å². The van der Waals surface area contributed by atoms with Gasteiger partial charge in [-0.25, -0.2) is 0 Å². The predicted molar refractivity (Wildman–Crippen MR) is 138 cm³/mol. The lowest BCUT2D eigenvalue weighted by Crippen LogP contribution is -1.98. The molecule has 2 radical (unpaired) electrons. The lowest BCUT2D eigenvalue weighted by molar-refractivity contribution is 0.402. The Balaban J connectivity index is 3.35. The van der Waals surface area contributed by atoms with Crippen LogP contribution in [0, 0.1) is 37.5 Å². The van der Waals surface area contributed by atoms with Gasteiger partial charge in [0, 0.05) is 12.8 Å². The molecule has 0 aliphatic heterocycles. The van der Waals surface area contributed by atoms with Gasteiger partial charge in [0.25, 0.3) is 0 Å². The first-order valence-corrected chi connectivity index (χ1v) is 13.8. The van der Waals surface area contributed by atoms with Gasteiger partial charge in [0.05, 0.1) is 0 Å². The van der Waals surface area contributed by atoms with E-state index in [-0.39, 0.29) is 0 Å². The van der Waals surface area contributed by atoms with Gasteiger partial charge in [-0.3, -0.25) is 0 Å². The van der Waals surface area contributed by atoms with Gasteiger partial charge < -0.3 is 0 Å². The van der Waals surface area contributed by atoms with Crippen molar-refractivity contribution in [3.05, 3.63) is 13.8 Å². The van der Waals surface area contributed by atoms with Crippen LogP contribution in [0.2, 0.25) is 0 Å². The summed E-state index contributed by atoms with van der Waals surface area (Å²) in [5.74, 6) is 8.72.